The lowest BCUT2D eigenvalue weighted by Gasteiger charge is -1.95. The molecule has 0 aromatic heterocycles. The molecule has 0 unspecified atom stereocenters. The zero-order valence-corrected chi connectivity index (χ0v) is 10.8. The molecule has 0 fully saturated rings. The van der Waals surface area contributed by atoms with Crippen molar-refractivity contribution in [3.8, 4) is 5.75 Å². The second kappa shape index (κ2) is 7.58. The Morgan fingerprint density at radius 1 is 0.900 bits per heavy atom. The van der Waals surface area contributed by atoms with Crippen molar-refractivity contribution >= 4 is 11.9 Å². The summed E-state index contributed by atoms with van der Waals surface area (Å²) in [5.41, 5.74) is 0.766. The van der Waals surface area contributed by atoms with Crippen LogP contribution in [0.3, 0.4) is 0 Å². The van der Waals surface area contributed by atoms with Gasteiger partial charge in [0.1, 0.15) is 5.75 Å². The summed E-state index contributed by atoms with van der Waals surface area (Å²) in [6.07, 6.45) is 0. The summed E-state index contributed by atoms with van der Waals surface area (Å²) in [6, 6.07) is 14.2. The van der Waals surface area contributed by atoms with Gasteiger partial charge in [-0.15, -0.1) is 0 Å². The van der Waals surface area contributed by atoms with Gasteiger partial charge in [0, 0.05) is 0 Å². The van der Waals surface area contributed by atoms with E-state index in [2.05, 4.69) is 4.74 Å². The molecule has 104 valence electrons. The van der Waals surface area contributed by atoms with Gasteiger partial charge in [0.05, 0.1) is 18.2 Å². The fraction of sp³-hybridized carbons (Fsp3) is 0.0667. The van der Waals surface area contributed by atoms with Crippen LogP contribution in [0.2, 0.25) is 0 Å². The average molecular weight is 274 g/mol. The van der Waals surface area contributed by atoms with Crippen LogP contribution in [-0.2, 0) is 4.74 Å². The van der Waals surface area contributed by atoms with Crippen LogP contribution in [0.15, 0.2) is 54.6 Å². The number of carboxylic acids is 1. The molecule has 0 atom stereocenters. The molecular weight excluding hydrogens is 260 g/mol. The third kappa shape index (κ3) is 4.81. The number of esters is 1. The number of carboxylic acid groups (broad SMARTS) is 1. The van der Waals surface area contributed by atoms with Crippen molar-refractivity contribution in [1.82, 2.24) is 0 Å². The van der Waals surface area contributed by atoms with Crippen molar-refractivity contribution in [3.63, 3.8) is 0 Å². The van der Waals surface area contributed by atoms with E-state index in [4.69, 9.17) is 10.2 Å². The van der Waals surface area contributed by atoms with Gasteiger partial charge in [-0.2, -0.15) is 0 Å². The van der Waals surface area contributed by atoms with Crippen LogP contribution in [0.25, 0.3) is 0 Å². The second-order valence-corrected chi connectivity index (χ2v) is 3.71. The summed E-state index contributed by atoms with van der Waals surface area (Å²) >= 11 is 0. The van der Waals surface area contributed by atoms with Crippen LogP contribution >= 0.6 is 0 Å². The number of aromatic carboxylic acids is 1. The van der Waals surface area contributed by atoms with E-state index < -0.39 is 5.97 Å². The van der Waals surface area contributed by atoms with Crippen molar-refractivity contribution in [1.29, 1.82) is 0 Å². The molecular formula is C15H14O5. The Labute approximate surface area is 116 Å². The number of carbonyl (C=O) groups excluding carboxylic acids is 1. The third-order valence-electron chi connectivity index (χ3n) is 2.31. The van der Waals surface area contributed by atoms with Gasteiger partial charge in [-0.3, -0.25) is 0 Å². The number of rotatable bonds is 2. The van der Waals surface area contributed by atoms with E-state index >= 15 is 0 Å². The van der Waals surface area contributed by atoms with Gasteiger partial charge in [-0.1, -0.05) is 18.2 Å². The number of aromatic hydroxyl groups is 1. The predicted octanol–water partition coefficient (Wildman–Crippen LogP) is 2.56. The largest absolute Gasteiger partial charge is 0.508 e. The van der Waals surface area contributed by atoms with Gasteiger partial charge in [0.2, 0.25) is 0 Å². The standard InChI is InChI=1S/C8H8O2.C7H6O3/c1-10-8(9)7-5-3-2-4-6-7;8-6-3-1-5(2-4-6)7(9)10/h2-6H,1H3;1-4,8H,(H,9,10). The van der Waals surface area contributed by atoms with Crippen LogP contribution in [-0.4, -0.2) is 29.3 Å². The number of hydrogen-bond donors (Lipinski definition) is 2. The van der Waals surface area contributed by atoms with Gasteiger partial charge in [-0.05, 0) is 36.4 Å². The molecule has 5 nitrogen and oxygen atoms in total. The number of ether oxygens (including phenoxy) is 1. The molecule has 5 heteroatoms. The Morgan fingerprint density at radius 2 is 1.45 bits per heavy atom. The zero-order valence-electron chi connectivity index (χ0n) is 10.8. The summed E-state index contributed by atoms with van der Waals surface area (Å²) in [6.45, 7) is 0. The predicted molar refractivity (Wildman–Crippen MR) is 72.8 cm³/mol. The number of carbonyl (C=O) groups is 2. The zero-order chi connectivity index (χ0) is 15.0. The molecule has 0 saturated heterocycles. The molecule has 0 bridgehead atoms. The van der Waals surface area contributed by atoms with E-state index in [0.29, 0.717) is 5.56 Å². The minimum absolute atomic E-state index is 0.0741. The van der Waals surface area contributed by atoms with Crippen LogP contribution in [0.4, 0.5) is 0 Å². The highest BCUT2D eigenvalue weighted by Gasteiger charge is 2.00. The van der Waals surface area contributed by atoms with Crippen molar-refractivity contribution < 1.29 is 24.5 Å². The fourth-order valence-electron chi connectivity index (χ4n) is 1.30. The highest BCUT2D eigenvalue weighted by Crippen LogP contribution is 2.08. The lowest BCUT2D eigenvalue weighted by Crippen LogP contribution is -1.99. The van der Waals surface area contributed by atoms with Crippen molar-refractivity contribution in [2.45, 2.75) is 0 Å². The Morgan fingerprint density at radius 3 is 1.90 bits per heavy atom. The average Bonchev–Trinajstić information content (AvgIpc) is 2.48. The summed E-state index contributed by atoms with van der Waals surface area (Å²) in [7, 11) is 1.37. The number of phenols is 1. The van der Waals surface area contributed by atoms with E-state index in [0.717, 1.165) is 0 Å². The van der Waals surface area contributed by atoms with Crippen LogP contribution in [0.5, 0.6) is 5.75 Å². The lowest BCUT2D eigenvalue weighted by molar-refractivity contribution is 0.0599. The molecule has 0 saturated carbocycles. The molecule has 2 aromatic carbocycles. The molecule has 0 radical (unpaired) electrons. The Balaban J connectivity index is 0.000000200. The van der Waals surface area contributed by atoms with E-state index in [9.17, 15) is 9.59 Å². The maximum Gasteiger partial charge on any atom is 0.337 e. The van der Waals surface area contributed by atoms with Crippen LogP contribution in [0, 0.1) is 0 Å². The topological polar surface area (TPSA) is 83.8 Å². The fourth-order valence-corrected chi connectivity index (χ4v) is 1.30. The van der Waals surface area contributed by atoms with Gasteiger partial charge in [-0.25, -0.2) is 9.59 Å². The summed E-state index contributed by atoms with van der Waals surface area (Å²) in [5.74, 6) is -1.20. The maximum absolute atomic E-state index is 10.8. The van der Waals surface area contributed by atoms with Gasteiger partial charge in [0.25, 0.3) is 0 Å². The first-order valence-electron chi connectivity index (χ1n) is 5.70. The molecule has 2 aromatic rings. The highest BCUT2D eigenvalue weighted by atomic mass is 16.5. The molecule has 0 aliphatic heterocycles. The Bertz CT molecular complexity index is 561. The molecule has 2 rings (SSSR count). The molecule has 0 spiro atoms. The van der Waals surface area contributed by atoms with Gasteiger partial charge in [0.15, 0.2) is 0 Å². The van der Waals surface area contributed by atoms with Crippen molar-refractivity contribution in [2.24, 2.45) is 0 Å². The Kier molecular flexibility index (Phi) is 5.77. The van der Waals surface area contributed by atoms with Gasteiger partial charge >= 0.3 is 11.9 Å². The molecule has 0 aliphatic rings. The molecule has 20 heavy (non-hydrogen) atoms. The molecule has 2 N–H and O–H groups in total. The van der Waals surface area contributed by atoms with Crippen molar-refractivity contribution in [3.05, 3.63) is 65.7 Å². The van der Waals surface area contributed by atoms with E-state index in [-0.39, 0.29) is 17.3 Å². The summed E-state index contributed by atoms with van der Waals surface area (Å²) in [5, 5.41) is 17.1. The van der Waals surface area contributed by atoms with E-state index in [1.807, 2.05) is 6.07 Å². The summed E-state index contributed by atoms with van der Waals surface area (Å²) < 4.78 is 4.50. The normalized spacial score (nSPS) is 9.05. The van der Waals surface area contributed by atoms with Crippen LogP contribution < -0.4 is 0 Å². The first kappa shape index (κ1) is 15.2. The number of hydrogen-bond acceptors (Lipinski definition) is 4. The van der Waals surface area contributed by atoms with Gasteiger partial charge < -0.3 is 14.9 Å². The minimum Gasteiger partial charge on any atom is -0.508 e. The van der Waals surface area contributed by atoms with Crippen LogP contribution in [0.1, 0.15) is 20.7 Å². The highest BCUT2D eigenvalue weighted by molar-refractivity contribution is 5.89. The smallest absolute Gasteiger partial charge is 0.337 e. The lowest BCUT2D eigenvalue weighted by atomic mass is 10.2. The third-order valence-corrected chi connectivity index (χ3v) is 2.31. The monoisotopic (exact) mass is 274 g/mol. The van der Waals surface area contributed by atoms with E-state index in [1.165, 1.54) is 31.4 Å². The minimum atomic E-state index is -0.986. The first-order chi connectivity index (χ1) is 9.54. The first-order valence-corrected chi connectivity index (χ1v) is 5.70. The molecule has 0 heterocycles. The summed E-state index contributed by atoms with van der Waals surface area (Å²) in [4.78, 5) is 21.0. The Hall–Kier alpha value is -2.82. The SMILES string of the molecule is COC(=O)c1ccccc1.O=C(O)c1ccc(O)cc1. The number of benzene rings is 2. The number of methoxy groups -OCH3 is 1. The van der Waals surface area contributed by atoms with E-state index in [1.54, 1.807) is 24.3 Å². The molecule has 0 aliphatic carbocycles. The second-order valence-electron chi connectivity index (χ2n) is 3.71. The maximum atomic E-state index is 10.8. The quantitative estimate of drug-likeness (QED) is 0.822. The molecule has 0 amide bonds. The number of phenolic OH excluding ortho intramolecular Hbond substituents is 1. The van der Waals surface area contributed by atoms with Crippen molar-refractivity contribution in [2.75, 3.05) is 7.11 Å².